The number of esters is 1. The van der Waals surface area contributed by atoms with Gasteiger partial charge in [-0.05, 0) is 42.1 Å². The number of hydrogen-bond acceptors (Lipinski definition) is 6. The molecule has 0 aliphatic carbocycles. The molecule has 5 N–H and O–H groups in total. The first-order chi connectivity index (χ1) is 13.8. The Morgan fingerprint density at radius 3 is 2.21 bits per heavy atom. The van der Waals surface area contributed by atoms with Gasteiger partial charge in [-0.1, -0.05) is 18.2 Å². The fourth-order valence-corrected chi connectivity index (χ4v) is 3.85. The van der Waals surface area contributed by atoms with Gasteiger partial charge in [0.2, 0.25) is 11.8 Å². The Labute approximate surface area is 169 Å². The molecule has 0 atom stereocenters. The molecule has 2 aromatic carbocycles. The Hall–Kier alpha value is -3.72. The number of hydrogen-bond donors (Lipinski definition) is 3. The van der Waals surface area contributed by atoms with Gasteiger partial charge >= 0.3 is 5.97 Å². The van der Waals surface area contributed by atoms with E-state index in [1.807, 2.05) is 31.2 Å². The van der Waals surface area contributed by atoms with Crippen LogP contribution in [0.5, 0.6) is 0 Å². The monoisotopic (exact) mass is 411 g/mol. The molecule has 0 bridgehead atoms. The number of thiophene rings is 1. The minimum atomic E-state index is -0.782. The number of amides is 3. The van der Waals surface area contributed by atoms with E-state index < -0.39 is 30.3 Å². The van der Waals surface area contributed by atoms with Crippen LogP contribution in [0.3, 0.4) is 0 Å². The average molecular weight is 411 g/mol. The maximum absolute atomic E-state index is 12.4. The molecule has 8 nitrogen and oxygen atoms in total. The van der Waals surface area contributed by atoms with Crippen molar-refractivity contribution in [3.05, 3.63) is 64.0 Å². The van der Waals surface area contributed by atoms with Gasteiger partial charge in [-0.3, -0.25) is 14.4 Å². The predicted octanol–water partition coefficient (Wildman–Crippen LogP) is 2.20. The second-order valence-corrected chi connectivity index (χ2v) is 7.26. The number of ether oxygens (including phenoxy) is 1. The van der Waals surface area contributed by atoms with Crippen LogP contribution in [0.1, 0.15) is 36.0 Å². The van der Waals surface area contributed by atoms with E-state index in [1.165, 1.54) is 29.5 Å². The molecule has 1 heterocycles. The Balaban J connectivity index is 1.69. The maximum atomic E-state index is 12.4. The van der Waals surface area contributed by atoms with Gasteiger partial charge in [0, 0.05) is 21.5 Å². The topological polar surface area (TPSA) is 142 Å². The first kappa shape index (κ1) is 20.0. The summed E-state index contributed by atoms with van der Waals surface area (Å²) in [7, 11) is 0. The molecule has 29 heavy (non-hydrogen) atoms. The predicted molar refractivity (Wildman–Crippen MR) is 109 cm³/mol. The summed E-state index contributed by atoms with van der Waals surface area (Å²) in [5, 5.41) is 3.41. The largest absolute Gasteiger partial charge is 0.451 e. The van der Waals surface area contributed by atoms with Crippen molar-refractivity contribution in [1.29, 1.82) is 0 Å². The van der Waals surface area contributed by atoms with Crippen molar-refractivity contribution in [3.63, 3.8) is 0 Å². The highest BCUT2D eigenvalue weighted by molar-refractivity contribution is 7.21. The number of aryl methyl sites for hydroxylation is 1. The van der Waals surface area contributed by atoms with Crippen molar-refractivity contribution >= 4 is 50.8 Å². The molecule has 1 aromatic heterocycles. The SMILES string of the molecule is Cc1c(C(=O)OCC(=O)Nc2cc(C(N)=O)cc(C(N)=O)c2)sc2ccccc12. The smallest absolute Gasteiger partial charge is 0.349 e. The fourth-order valence-electron chi connectivity index (χ4n) is 2.75. The quantitative estimate of drug-likeness (QED) is 0.533. The van der Waals surface area contributed by atoms with Crippen molar-refractivity contribution in [1.82, 2.24) is 0 Å². The second-order valence-electron chi connectivity index (χ2n) is 6.20. The summed E-state index contributed by atoms with van der Waals surface area (Å²) in [5.41, 5.74) is 11.4. The number of anilines is 1. The van der Waals surface area contributed by atoms with Crippen molar-refractivity contribution in [2.45, 2.75) is 6.92 Å². The lowest BCUT2D eigenvalue weighted by atomic mass is 10.1. The third-order valence-corrected chi connectivity index (χ3v) is 5.40. The number of rotatable bonds is 6. The summed E-state index contributed by atoms with van der Waals surface area (Å²) >= 11 is 1.29. The number of primary amides is 2. The Bertz CT molecular complexity index is 1120. The van der Waals surface area contributed by atoms with Crippen LogP contribution in [0.2, 0.25) is 0 Å². The van der Waals surface area contributed by atoms with Crippen LogP contribution in [-0.2, 0) is 9.53 Å². The average Bonchev–Trinajstić information content (AvgIpc) is 3.03. The van der Waals surface area contributed by atoms with Gasteiger partial charge in [0.25, 0.3) is 5.91 Å². The van der Waals surface area contributed by atoms with Crippen molar-refractivity contribution in [3.8, 4) is 0 Å². The number of nitrogens with one attached hydrogen (secondary N) is 1. The normalized spacial score (nSPS) is 10.5. The molecule has 0 unspecified atom stereocenters. The molecule has 9 heteroatoms. The van der Waals surface area contributed by atoms with E-state index in [1.54, 1.807) is 0 Å². The summed E-state index contributed by atoms with van der Waals surface area (Å²) in [6.07, 6.45) is 0. The Morgan fingerprint density at radius 2 is 1.62 bits per heavy atom. The van der Waals surface area contributed by atoms with Gasteiger partial charge in [-0.15, -0.1) is 11.3 Å². The van der Waals surface area contributed by atoms with Crippen LogP contribution in [0.25, 0.3) is 10.1 Å². The molecule has 148 valence electrons. The minimum absolute atomic E-state index is 0.00879. The van der Waals surface area contributed by atoms with Gasteiger partial charge in [0.15, 0.2) is 6.61 Å². The third-order valence-electron chi connectivity index (χ3n) is 4.15. The molecule has 0 radical (unpaired) electrons. The molecule has 0 saturated heterocycles. The number of nitrogens with two attached hydrogens (primary N) is 2. The molecular formula is C20H17N3O5S. The van der Waals surface area contributed by atoms with Crippen LogP contribution in [0.15, 0.2) is 42.5 Å². The first-order valence-electron chi connectivity index (χ1n) is 8.46. The highest BCUT2D eigenvalue weighted by Crippen LogP contribution is 2.30. The summed E-state index contributed by atoms with van der Waals surface area (Å²) in [5.74, 6) is -2.82. The van der Waals surface area contributed by atoms with Gasteiger partial charge in [-0.2, -0.15) is 0 Å². The van der Waals surface area contributed by atoms with E-state index in [-0.39, 0.29) is 16.8 Å². The molecular weight excluding hydrogens is 394 g/mol. The summed E-state index contributed by atoms with van der Waals surface area (Å²) in [4.78, 5) is 47.7. The van der Waals surface area contributed by atoms with Crippen LogP contribution in [-0.4, -0.2) is 30.3 Å². The zero-order chi connectivity index (χ0) is 21.1. The Kier molecular flexibility index (Phi) is 5.60. The molecule has 0 aliphatic heterocycles. The third kappa shape index (κ3) is 4.41. The van der Waals surface area contributed by atoms with E-state index in [0.29, 0.717) is 4.88 Å². The zero-order valence-corrected chi connectivity index (χ0v) is 16.2. The van der Waals surface area contributed by atoms with Crippen LogP contribution < -0.4 is 16.8 Å². The Morgan fingerprint density at radius 1 is 1.00 bits per heavy atom. The summed E-state index contributed by atoms with van der Waals surface area (Å²) in [6.45, 7) is 1.27. The lowest BCUT2D eigenvalue weighted by Gasteiger charge is -2.09. The summed E-state index contributed by atoms with van der Waals surface area (Å²) in [6, 6.07) is 11.4. The molecule has 3 aromatic rings. The van der Waals surface area contributed by atoms with E-state index in [0.717, 1.165) is 15.6 Å². The molecule has 3 amide bonds. The lowest BCUT2D eigenvalue weighted by molar-refractivity contribution is -0.119. The molecule has 0 saturated carbocycles. The van der Waals surface area contributed by atoms with Crippen LogP contribution >= 0.6 is 11.3 Å². The molecule has 0 spiro atoms. The van der Waals surface area contributed by atoms with Gasteiger partial charge < -0.3 is 21.5 Å². The standard InChI is InChI=1S/C20H17N3O5S/c1-10-14-4-2-3-5-15(14)29-17(10)20(27)28-9-16(24)23-13-7-11(18(21)25)6-12(8-13)19(22)26/h2-8H,9H2,1H3,(H2,21,25)(H2,22,26)(H,23,24). The van der Waals surface area contributed by atoms with Crippen LogP contribution in [0.4, 0.5) is 5.69 Å². The van der Waals surface area contributed by atoms with E-state index >= 15 is 0 Å². The molecule has 0 fully saturated rings. The number of benzene rings is 2. The van der Waals surface area contributed by atoms with Gasteiger partial charge in [0.05, 0.1) is 0 Å². The highest BCUT2D eigenvalue weighted by Gasteiger charge is 2.18. The number of carbonyl (C=O) groups is 4. The second kappa shape index (κ2) is 8.11. The fraction of sp³-hybridized carbons (Fsp3) is 0.100. The van der Waals surface area contributed by atoms with Crippen LogP contribution in [0, 0.1) is 6.92 Å². The van der Waals surface area contributed by atoms with Crippen molar-refractivity contribution in [2.75, 3.05) is 11.9 Å². The van der Waals surface area contributed by atoms with E-state index in [9.17, 15) is 19.2 Å². The van der Waals surface area contributed by atoms with Crippen molar-refractivity contribution < 1.29 is 23.9 Å². The van der Waals surface area contributed by atoms with Gasteiger partial charge in [0.1, 0.15) is 4.88 Å². The highest BCUT2D eigenvalue weighted by atomic mass is 32.1. The molecule has 0 aliphatic rings. The minimum Gasteiger partial charge on any atom is -0.451 e. The molecule has 3 rings (SSSR count). The lowest BCUT2D eigenvalue weighted by Crippen LogP contribution is -2.22. The number of carbonyl (C=O) groups excluding carboxylic acids is 4. The van der Waals surface area contributed by atoms with E-state index in [4.69, 9.17) is 16.2 Å². The first-order valence-corrected chi connectivity index (χ1v) is 9.27. The van der Waals surface area contributed by atoms with Gasteiger partial charge in [-0.25, -0.2) is 4.79 Å². The summed E-state index contributed by atoms with van der Waals surface area (Å²) < 4.78 is 6.05. The maximum Gasteiger partial charge on any atom is 0.349 e. The van der Waals surface area contributed by atoms with E-state index in [2.05, 4.69) is 5.32 Å². The zero-order valence-electron chi connectivity index (χ0n) is 15.4. The number of fused-ring (bicyclic) bond motifs is 1. The van der Waals surface area contributed by atoms with Crippen molar-refractivity contribution in [2.24, 2.45) is 11.5 Å².